The van der Waals surface area contributed by atoms with E-state index >= 15 is 0 Å². The fourth-order valence-corrected chi connectivity index (χ4v) is 1.68. The molecule has 0 atom stereocenters. The van der Waals surface area contributed by atoms with Gasteiger partial charge in [0.05, 0.1) is 10.6 Å². The van der Waals surface area contributed by atoms with Crippen LogP contribution in [0.4, 0.5) is 13.2 Å². The molecule has 1 rings (SSSR count). The van der Waals surface area contributed by atoms with E-state index < -0.39 is 22.5 Å². The van der Waals surface area contributed by atoms with Gasteiger partial charge in [-0.3, -0.25) is 4.79 Å². The number of halogens is 4. The molecule has 0 unspecified atom stereocenters. The zero-order chi connectivity index (χ0) is 11.8. The first kappa shape index (κ1) is 12.0. The maximum atomic E-state index is 12.6. The Morgan fingerprint density at radius 1 is 1.33 bits per heavy atom. The lowest BCUT2D eigenvalue weighted by Crippen LogP contribution is -2.14. The largest absolute Gasteiger partial charge is 0.418 e. The molecular weight excluding hydrogens is 229 g/mol. The van der Waals surface area contributed by atoms with Gasteiger partial charge in [0, 0.05) is 5.56 Å². The van der Waals surface area contributed by atoms with E-state index in [1.807, 2.05) is 0 Å². The van der Waals surface area contributed by atoms with E-state index in [4.69, 9.17) is 11.6 Å². The number of ketones is 1. The maximum absolute atomic E-state index is 12.6. The van der Waals surface area contributed by atoms with Crippen molar-refractivity contribution in [2.75, 3.05) is 0 Å². The molecule has 0 aliphatic heterocycles. The standard InChI is InChI=1S/C10H8ClF3O/c1-5-3-4-7(11)9(10(12,13)14)8(5)6(2)15/h3-4H,1-2H3. The summed E-state index contributed by atoms with van der Waals surface area (Å²) in [6.07, 6.45) is -4.61. The lowest BCUT2D eigenvalue weighted by atomic mass is 9.98. The van der Waals surface area contributed by atoms with E-state index in [1.54, 1.807) is 0 Å². The zero-order valence-electron chi connectivity index (χ0n) is 8.07. The second kappa shape index (κ2) is 3.85. The average Bonchev–Trinajstić information content (AvgIpc) is 2.05. The van der Waals surface area contributed by atoms with Crippen LogP contribution in [0.3, 0.4) is 0 Å². The minimum atomic E-state index is -4.61. The first-order valence-corrected chi connectivity index (χ1v) is 4.50. The van der Waals surface area contributed by atoms with Gasteiger partial charge in [-0.25, -0.2) is 0 Å². The number of carbonyl (C=O) groups excluding carboxylic acids is 1. The number of hydrogen-bond acceptors (Lipinski definition) is 1. The van der Waals surface area contributed by atoms with Crippen molar-refractivity contribution < 1.29 is 18.0 Å². The van der Waals surface area contributed by atoms with Gasteiger partial charge in [-0.2, -0.15) is 13.2 Å². The second-order valence-electron chi connectivity index (χ2n) is 3.17. The highest BCUT2D eigenvalue weighted by Gasteiger charge is 2.37. The molecule has 0 bridgehead atoms. The van der Waals surface area contributed by atoms with Crippen molar-refractivity contribution in [1.82, 2.24) is 0 Å². The second-order valence-corrected chi connectivity index (χ2v) is 3.58. The van der Waals surface area contributed by atoms with Crippen LogP contribution in [0.5, 0.6) is 0 Å². The summed E-state index contributed by atoms with van der Waals surface area (Å²) in [6, 6.07) is 2.54. The molecule has 0 aliphatic rings. The van der Waals surface area contributed by atoms with Crippen LogP contribution in [0.1, 0.15) is 28.4 Å². The third kappa shape index (κ3) is 2.31. The fraction of sp³-hybridized carbons (Fsp3) is 0.300. The summed E-state index contributed by atoms with van der Waals surface area (Å²) in [5, 5.41) is -0.446. The molecule has 0 radical (unpaired) electrons. The smallest absolute Gasteiger partial charge is 0.294 e. The third-order valence-corrected chi connectivity index (χ3v) is 2.31. The first-order chi connectivity index (χ1) is 6.75. The molecular formula is C10H8ClF3O. The van der Waals surface area contributed by atoms with Crippen LogP contribution in [0, 0.1) is 6.92 Å². The zero-order valence-corrected chi connectivity index (χ0v) is 8.83. The van der Waals surface area contributed by atoms with E-state index in [2.05, 4.69) is 0 Å². The van der Waals surface area contributed by atoms with Gasteiger partial charge >= 0.3 is 6.18 Å². The van der Waals surface area contributed by atoms with E-state index in [9.17, 15) is 18.0 Å². The Labute approximate surface area is 89.9 Å². The summed E-state index contributed by atoms with van der Waals surface area (Å²) in [6.45, 7) is 2.54. The van der Waals surface area contributed by atoms with Gasteiger partial charge in [0.1, 0.15) is 0 Å². The Kier molecular flexibility index (Phi) is 3.09. The topological polar surface area (TPSA) is 17.1 Å². The number of aryl methyl sites for hydroxylation is 1. The van der Waals surface area contributed by atoms with Crippen LogP contribution in [-0.2, 0) is 6.18 Å². The van der Waals surface area contributed by atoms with Crippen molar-refractivity contribution in [3.63, 3.8) is 0 Å². The lowest BCUT2D eigenvalue weighted by molar-refractivity contribution is -0.137. The number of alkyl halides is 3. The van der Waals surface area contributed by atoms with Crippen molar-refractivity contribution >= 4 is 17.4 Å². The molecule has 0 N–H and O–H groups in total. The molecule has 0 heterocycles. The number of benzene rings is 1. The van der Waals surface area contributed by atoms with E-state index in [0.717, 1.165) is 13.0 Å². The van der Waals surface area contributed by atoms with E-state index in [0.29, 0.717) is 0 Å². The molecule has 0 saturated carbocycles. The molecule has 1 nitrogen and oxygen atoms in total. The average molecular weight is 237 g/mol. The molecule has 0 saturated heterocycles. The van der Waals surface area contributed by atoms with Gasteiger partial charge in [0.2, 0.25) is 0 Å². The van der Waals surface area contributed by atoms with Crippen LogP contribution in [0.25, 0.3) is 0 Å². The molecule has 5 heteroatoms. The molecule has 82 valence electrons. The van der Waals surface area contributed by atoms with Crippen molar-refractivity contribution in [3.8, 4) is 0 Å². The van der Waals surface area contributed by atoms with Gasteiger partial charge in [-0.05, 0) is 25.5 Å². The summed E-state index contributed by atoms with van der Waals surface area (Å²) in [5.41, 5.74) is -1.12. The highest BCUT2D eigenvalue weighted by Crippen LogP contribution is 2.38. The summed E-state index contributed by atoms with van der Waals surface area (Å²) in [5.74, 6) is -0.637. The van der Waals surface area contributed by atoms with Gasteiger partial charge in [-0.1, -0.05) is 17.7 Å². The highest BCUT2D eigenvalue weighted by atomic mass is 35.5. The summed E-state index contributed by atoms with van der Waals surface area (Å²) in [7, 11) is 0. The van der Waals surface area contributed by atoms with Crippen LogP contribution >= 0.6 is 11.6 Å². The van der Waals surface area contributed by atoms with E-state index in [-0.39, 0.29) is 11.1 Å². The predicted molar refractivity (Wildman–Crippen MR) is 51.2 cm³/mol. The van der Waals surface area contributed by atoms with Crippen molar-refractivity contribution in [2.24, 2.45) is 0 Å². The third-order valence-electron chi connectivity index (χ3n) is 2.00. The predicted octanol–water partition coefficient (Wildman–Crippen LogP) is 3.87. The Balaban J connectivity index is 3.60. The summed E-state index contributed by atoms with van der Waals surface area (Å²) >= 11 is 5.46. The molecule has 0 amide bonds. The highest BCUT2D eigenvalue weighted by molar-refractivity contribution is 6.32. The van der Waals surface area contributed by atoms with Gasteiger partial charge in [-0.15, -0.1) is 0 Å². The Hall–Kier alpha value is -1.03. The molecule has 1 aromatic carbocycles. The SMILES string of the molecule is CC(=O)c1c(C)ccc(Cl)c1C(F)(F)F. The Morgan fingerprint density at radius 3 is 2.20 bits per heavy atom. The summed E-state index contributed by atoms with van der Waals surface area (Å²) < 4.78 is 37.8. The Morgan fingerprint density at radius 2 is 1.87 bits per heavy atom. The molecule has 0 spiro atoms. The number of rotatable bonds is 1. The number of Topliss-reactive ketones (excluding diaryl/α,β-unsaturated/α-hetero) is 1. The van der Waals surface area contributed by atoms with Gasteiger partial charge < -0.3 is 0 Å². The van der Waals surface area contributed by atoms with Crippen LogP contribution < -0.4 is 0 Å². The number of carbonyl (C=O) groups is 1. The van der Waals surface area contributed by atoms with Crippen LogP contribution in [0.15, 0.2) is 12.1 Å². The first-order valence-electron chi connectivity index (χ1n) is 4.12. The maximum Gasteiger partial charge on any atom is 0.418 e. The molecule has 0 aliphatic carbocycles. The minimum Gasteiger partial charge on any atom is -0.294 e. The van der Waals surface area contributed by atoms with Crippen LogP contribution in [-0.4, -0.2) is 5.78 Å². The van der Waals surface area contributed by atoms with Gasteiger partial charge in [0.15, 0.2) is 5.78 Å². The molecule has 1 aromatic rings. The Bertz CT molecular complexity index is 410. The summed E-state index contributed by atoms with van der Waals surface area (Å²) in [4.78, 5) is 11.1. The van der Waals surface area contributed by atoms with E-state index in [1.165, 1.54) is 13.0 Å². The monoisotopic (exact) mass is 236 g/mol. The minimum absolute atomic E-state index is 0.277. The molecule has 0 aromatic heterocycles. The lowest BCUT2D eigenvalue weighted by Gasteiger charge is -2.14. The quantitative estimate of drug-likeness (QED) is 0.677. The number of hydrogen-bond donors (Lipinski definition) is 0. The molecule has 15 heavy (non-hydrogen) atoms. The van der Waals surface area contributed by atoms with Crippen LogP contribution in [0.2, 0.25) is 5.02 Å². The fourth-order valence-electron chi connectivity index (χ4n) is 1.41. The van der Waals surface area contributed by atoms with Gasteiger partial charge in [0.25, 0.3) is 0 Å². The van der Waals surface area contributed by atoms with Crippen molar-refractivity contribution in [2.45, 2.75) is 20.0 Å². The van der Waals surface area contributed by atoms with Crippen molar-refractivity contribution in [3.05, 3.63) is 33.8 Å². The van der Waals surface area contributed by atoms with Crippen molar-refractivity contribution in [1.29, 1.82) is 0 Å². The molecule has 0 fully saturated rings. The normalized spacial score (nSPS) is 11.6.